The van der Waals surface area contributed by atoms with Gasteiger partial charge in [0.15, 0.2) is 0 Å². The number of imidazole rings is 1. The first kappa shape index (κ1) is 18.6. The molecule has 2 aromatic heterocycles. The molecular weight excluding hydrogens is 397 g/mol. The third kappa shape index (κ3) is 3.28. The number of pyridine rings is 1. The van der Waals surface area contributed by atoms with Gasteiger partial charge in [-0.25, -0.2) is 4.98 Å². The van der Waals surface area contributed by atoms with Gasteiger partial charge in [0.2, 0.25) is 0 Å². The number of methoxy groups -OCH3 is 2. The van der Waals surface area contributed by atoms with Gasteiger partial charge < -0.3 is 9.47 Å². The summed E-state index contributed by atoms with van der Waals surface area (Å²) in [5, 5.41) is 0.899. The lowest BCUT2D eigenvalue weighted by atomic mass is 10.1. The highest BCUT2D eigenvalue weighted by molar-refractivity contribution is 6.37. The van der Waals surface area contributed by atoms with Crippen molar-refractivity contribution >= 4 is 34.2 Å². The number of para-hydroxylation sites is 1. The SMILES string of the molecule is COc1ccc(Cc2nc3c(OC)cccc3n2-c2c(Cl)cncc2Cl)cc1. The Morgan fingerprint density at radius 1 is 0.929 bits per heavy atom. The first-order valence-electron chi connectivity index (χ1n) is 8.59. The lowest BCUT2D eigenvalue weighted by Gasteiger charge is -2.13. The quantitative estimate of drug-likeness (QED) is 0.443. The van der Waals surface area contributed by atoms with Crippen LogP contribution in [0.5, 0.6) is 11.5 Å². The second-order valence-electron chi connectivity index (χ2n) is 6.17. The minimum Gasteiger partial charge on any atom is -0.497 e. The Hall–Kier alpha value is -2.76. The number of benzene rings is 2. The van der Waals surface area contributed by atoms with Crippen molar-refractivity contribution in [1.29, 1.82) is 0 Å². The van der Waals surface area contributed by atoms with Crippen molar-refractivity contribution in [1.82, 2.24) is 14.5 Å². The monoisotopic (exact) mass is 413 g/mol. The number of rotatable bonds is 5. The molecule has 28 heavy (non-hydrogen) atoms. The summed E-state index contributed by atoms with van der Waals surface area (Å²) in [6, 6.07) is 13.6. The zero-order valence-corrected chi connectivity index (χ0v) is 16.8. The van der Waals surface area contributed by atoms with Gasteiger partial charge in [-0.05, 0) is 29.8 Å². The standard InChI is InChI=1S/C21H17Cl2N3O2/c1-27-14-8-6-13(7-9-14)10-19-25-20-17(4-3-5-18(20)28-2)26(19)21-15(22)11-24-12-16(21)23/h3-9,11-12H,10H2,1-2H3. The topological polar surface area (TPSA) is 49.2 Å². The van der Waals surface area contributed by atoms with E-state index in [2.05, 4.69) is 4.98 Å². The van der Waals surface area contributed by atoms with Crippen LogP contribution in [0.1, 0.15) is 11.4 Å². The molecule has 0 fully saturated rings. The van der Waals surface area contributed by atoms with Crippen LogP contribution in [0, 0.1) is 0 Å². The summed E-state index contributed by atoms with van der Waals surface area (Å²) >= 11 is 12.9. The molecule has 0 aliphatic heterocycles. The van der Waals surface area contributed by atoms with Crippen molar-refractivity contribution in [3.63, 3.8) is 0 Å². The van der Waals surface area contributed by atoms with Crippen molar-refractivity contribution in [2.24, 2.45) is 0 Å². The molecule has 0 radical (unpaired) electrons. The summed E-state index contributed by atoms with van der Waals surface area (Å²) in [4.78, 5) is 8.91. The van der Waals surface area contributed by atoms with E-state index in [1.807, 2.05) is 47.0 Å². The maximum Gasteiger partial charge on any atom is 0.146 e. The summed E-state index contributed by atoms with van der Waals surface area (Å²) in [5.74, 6) is 2.28. The highest BCUT2D eigenvalue weighted by Crippen LogP contribution is 2.35. The smallest absolute Gasteiger partial charge is 0.146 e. The van der Waals surface area contributed by atoms with Gasteiger partial charge in [-0.2, -0.15) is 0 Å². The van der Waals surface area contributed by atoms with Gasteiger partial charge in [0, 0.05) is 18.8 Å². The third-order valence-electron chi connectivity index (χ3n) is 4.51. The highest BCUT2D eigenvalue weighted by Gasteiger charge is 2.20. The van der Waals surface area contributed by atoms with E-state index in [9.17, 15) is 0 Å². The fraction of sp³-hybridized carbons (Fsp3) is 0.143. The van der Waals surface area contributed by atoms with Crippen molar-refractivity contribution < 1.29 is 9.47 Å². The molecule has 7 heteroatoms. The van der Waals surface area contributed by atoms with Gasteiger partial charge in [0.1, 0.15) is 22.8 Å². The van der Waals surface area contributed by atoms with Crippen LogP contribution in [0.25, 0.3) is 16.7 Å². The molecule has 0 unspecified atom stereocenters. The lowest BCUT2D eigenvalue weighted by Crippen LogP contribution is -2.04. The van der Waals surface area contributed by atoms with Crippen molar-refractivity contribution in [3.05, 3.63) is 76.3 Å². The first-order valence-corrected chi connectivity index (χ1v) is 9.34. The van der Waals surface area contributed by atoms with E-state index in [0.717, 1.165) is 28.2 Å². The number of hydrogen-bond acceptors (Lipinski definition) is 4. The van der Waals surface area contributed by atoms with Crippen LogP contribution in [-0.4, -0.2) is 28.8 Å². The largest absolute Gasteiger partial charge is 0.497 e. The van der Waals surface area contributed by atoms with Crippen LogP contribution < -0.4 is 9.47 Å². The molecule has 0 bridgehead atoms. The molecule has 0 atom stereocenters. The predicted molar refractivity (Wildman–Crippen MR) is 111 cm³/mol. The number of hydrogen-bond donors (Lipinski definition) is 0. The molecule has 4 aromatic rings. The maximum absolute atomic E-state index is 6.47. The Bertz CT molecular complexity index is 1120. The Morgan fingerprint density at radius 2 is 1.64 bits per heavy atom. The van der Waals surface area contributed by atoms with Crippen molar-refractivity contribution in [3.8, 4) is 17.2 Å². The number of aromatic nitrogens is 3. The van der Waals surface area contributed by atoms with Crippen molar-refractivity contribution in [2.45, 2.75) is 6.42 Å². The molecule has 142 valence electrons. The average molecular weight is 414 g/mol. The first-order chi connectivity index (χ1) is 13.6. The third-order valence-corrected chi connectivity index (χ3v) is 5.06. The zero-order valence-electron chi connectivity index (χ0n) is 15.3. The highest BCUT2D eigenvalue weighted by atomic mass is 35.5. The fourth-order valence-electron chi connectivity index (χ4n) is 3.20. The summed E-state index contributed by atoms with van der Waals surface area (Å²) in [6.07, 6.45) is 3.73. The Labute approximate surface area is 172 Å². The molecule has 0 aliphatic carbocycles. The van der Waals surface area contributed by atoms with Gasteiger partial charge >= 0.3 is 0 Å². The van der Waals surface area contributed by atoms with Crippen LogP contribution >= 0.6 is 23.2 Å². The fourth-order valence-corrected chi connectivity index (χ4v) is 3.73. The van der Waals surface area contributed by atoms with Crippen LogP contribution in [-0.2, 0) is 6.42 Å². The molecule has 0 aliphatic rings. The summed E-state index contributed by atoms with van der Waals surface area (Å²) < 4.78 is 12.7. The molecule has 0 N–H and O–H groups in total. The average Bonchev–Trinajstić information content (AvgIpc) is 3.06. The number of fused-ring (bicyclic) bond motifs is 1. The Balaban J connectivity index is 1.94. The van der Waals surface area contributed by atoms with E-state index in [0.29, 0.717) is 27.9 Å². The van der Waals surface area contributed by atoms with Gasteiger partial charge in [-0.3, -0.25) is 9.55 Å². The molecular formula is C21H17Cl2N3O2. The molecule has 0 saturated carbocycles. The summed E-state index contributed by atoms with van der Waals surface area (Å²) in [5.41, 5.74) is 3.34. The number of ether oxygens (including phenoxy) is 2. The molecule has 4 rings (SSSR count). The van der Waals surface area contributed by atoms with Crippen molar-refractivity contribution in [2.75, 3.05) is 14.2 Å². The van der Waals surface area contributed by atoms with Gasteiger partial charge in [0.05, 0.1) is 35.5 Å². The Kier molecular flexibility index (Phi) is 5.11. The van der Waals surface area contributed by atoms with Crippen LogP contribution in [0.15, 0.2) is 54.9 Å². The van der Waals surface area contributed by atoms with Crippen LogP contribution in [0.4, 0.5) is 0 Å². The van der Waals surface area contributed by atoms with Crippen LogP contribution in [0.2, 0.25) is 10.0 Å². The maximum atomic E-state index is 6.47. The molecule has 5 nitrogen and oxygen atoms in total. The van der Waals surface area contributed by atoms with Gasteiger partial charge in [0.25, 0.3) is 0 Å². The second-order valence-corrected chi connectivity index (χ2v) is 6.98. The zero-order chi connectivity index (χ0) is 19.7. The minimum absolute atomic E-state index is 0.450. The van der Waals surface area contributed by atoms with E-state index in [4.69, 9.17) is 37.7 Å². The van der Waals surface area contributed by atoms with Gasteiger partial charge in [-0.1, -0.05) is 41.4 Å². The predicted octanol–water partition coefficient (Wildman–Crippen LogP) is 5.34. The van der Waals surface area contributed by atoms with E-state index in [1.54, 1.807) is 26.6 Å². The summed E-state index contributed by atoms with van der Waals surface area (Å²) in [6.45, 7) is 0. The second kappa shape index (κ2) is 7.70. The minimum atomic E-state index is 0.450. The van der Waals surface area contributed by atoms with E-state index >= 15 is 0 Å². The molecule has 0 amide bonds. The summed E-state index contributed by atoms with van der Waals surface area (Å²) in [7, 11) is 3.28. The molecule has 2 aromatic carbocycles. The Morgan fingerprint density at radius 3 is 2.29 bits per heavy atom. The normalized spacial score (nSPS) is 11.0. The number of nitrogens with zero attached hydrogens (tertiary/aromatic N) is 3. The van der Waals surface area contributed by atoms with E-state index in [1.165, 1.54) is 0 Å². The molecule has 2 heterocycles. The van der Waals surface area contributed by atoms with Gasteiger partial charge in [-0.15, -0.1) is 0 Å². The molecule has 0 spiro atoms. The van der Waals surface area contributed by atoms with E-state index < -0.39 is 0 Å². The number of halogens is 2. The van der Waals surface area contributed by atoms with Crippen LogP contribution in [0.3, 0.4) is 0 Å². The lowest BCUT2D eigenvalue weighted by molar-refractivity contribution is 0.414. The molecule has 0 saturated heterocycles. The van der Waals surface area contributed by atoms with E-state index in [-0.39, 0.29) is 0 Å².